The fourth-order valence-corrected chi connectivity index (χ4v) is 5.63. The highest BCUT2D eigenvalue weighted by atomic mass is 32.2. The molecule has 0 unspecified atom stereocenters. The number of anilines is 1. The summed E-state index contributed by atoms with van der Waals surface area (Å²) in [6, 6.07) is 25.3. The first kappa shape index (κ1) is 24.3. The van der Waals surface area contributed by atoms with E-state index in [1.54, 1.807) is 0 Å². The van der Waals surface area contributed by atoms with E-state index in [-0.39, 0.29) is 5.91 Å². The van der Waals surface area contributed by atoms with Crippen LogP contribution in [0.4, 0.5) is 5.69 Å². The number of amides is 1. The third kappa shape index (κ3) is 5.54. The second kappa shape index (κ2) is 11.1. The number of nitrogens with zero attached hydrogens (tertiary/aromatic N) is 3. The Balaban J connectivity index is 1.36. The van der Waals surface area contributed by atoms with Gasteiger partial charge in [-0.15, -0.1) is 10.2 Å². The molecule has 5 rings (SSSR count). The van der Waals surface area contributed by atoms with Gasteiger partial charge >= 0.3 is 0 Å². The number of hydrogen-bond acceptors (Lipinski definition) is 4. The van der Waals surface area contributed by atoms with Crippen LogP contribution in [0.25, 0.3) is 22.5 Å². The van der Waals surface area contributed by atoms with E-state index in [9.17, 15) is 4.79 Å². The van der Waals surface area contributed by atoms with Gasteiger partial charge in [-0.05, 0) is 61.1 Å². The first-order valence-corrected chi connectivity index (χ1v) is 13.7. The first-order valence-electron chi connectivity index (χ1n) is 12.7. The maximum absolute atomic E-state index is 12.7. The molecule has 1 saturated carbocycles. The topological polar surface area (TPSA) is 59.8 Å². The van der Waals surface area contributed by atoms with Gasteiger partial charge < -0.3 is 5.32 Å². The standard InChI is InChI=1S/C30H32N4OS/c1-21-13-18-26(19-22(21)2)31-28(35)20-36-30-33-32-29(34(30)27-11-7-4-8-12-27)25-16-14-24(15-17-25)23-9-5-3-6-10-23/h3,5-6,9-10,13-19,27H,4,7-8,11-12,20H2,1-2H3,(H,31,35). The molecule has 0 spiro atoms. The molecule has 6 heteroatoms. The van der Waals surface area contributed by atoms with E-state index in [0.717, 1.165) is 35.1 Å². The molecule has 0 radical (unpaired) electrons. The molecule has 1 fully saturated rings. The van der Waals surface area contributed by atoms with E-state index in [2.05, 4.69) is 82.5 Å². The third-order valence-corrected chi connectivity index (χ3v) is 7.92. The fourth-order valence-electron chi connectivity index (χ4n) is 4.83. The van der Waals surface area contributed by atoms with Crippen molar-refractivity contribution in [2.45, 2.75) is 57.1 Å². The number of rotatable bonds is 7. The maximum Gasteiger partial charge on any atom is 0.234 e. The van der Waals surface area contributed by atoms with Gasteiger partial charge in [-0.1, -0.05) is 91.7 Å². The number of aromatic nitrogens is 3. The van der Waals surface area contributed by atoms with E-state index in [1.807, 2.05) is 24.3 Å². The Bertz CT molecular complexity index is 1330. The molecule has 0 saturated heterocycles. The van der Waals surface area contributed by atoms with Crippen LogP contribution in [0, 0.1) is 13.8 Å². The Morgan fingerprint density at radius 1 is 0.861 bits per heavy atom. The monoisotopic (exact) mass is 496 g/mol. The van der Waals surface area contributed by atoms with Gasteiger partial charge in [-0.2, -0.15) is 0 Å². The smallest absolute Gasteiger partial charge is 0.234 e. The Kier molecular flexibility index (Phi) is 7.52. The normalized spacial score (nSPS) is 14.1. The summed E-state index contributed by atoms with van der Waals surface area (Å²) >= 11 is 1.47. The van der Waals surface area contributed by atoms with Crippen LogP contribution >= 0.6 is 11.8 Å². The Labute approximate surface area is 217 Å². The van der Waals surface area contributed by atoms with Gasteiger partial charge in [0, 0.05) is 17.3 Å². The first-order chi connectivity index (χ1) is 17.6. The summed E-state index contributed by atoms with van der Waals surface area (Å²) in [6.45, 7) is 4.13. The third-order valence-electron chi connectivity index (χ3n) is 6.98. The number of carbonyl (C=O) groups is 1. The van der Waals surface area contributed by atoms with E-state index < -0.39 is 0 Å². The number of thioether (sulfide) groups is 1. The molecule has 36 heavy (non-hydrogen) atoms. The Morgan fingerprint density at radius 3 is 2.28 bits per heavy atom. The van der Waals surface area contributed by atoms with Crippen LogP contribution < -0.4 is 5.32 Å². The summed E-state index contributed by atoms with van der Waals surface area (Å²) in [6.07, 6.45) is 5.95. The zero-order valence-corrected chi connectivity index (χ0v) is 21.7. The van der Waals surface area contributed by atoms with Crippen LogP contribution in [0.15, 0.2) is 78.0 Å². The largest absolute Gasteiger partial charge is 0.325 e. The van der Waals surface area contributed by atoms with Gasteiger partial charge in [0.2, 0.25) is 5.91 Å². The number of benzene rings is 3. The average molecular weight is 497 g/mol. The van der Waals surface area contributed by atoms with Crippen LogP contribution in [0.1, 0.15) is 49.3 Å². The minimum Gasteiger partial charge on any atom is -0.325 e. The van der Waals surface area contributed by atoms with Crippen molar-refractivity contribution in [3.05, 3.63) is 83.9 Å². The van der Waals surface area contributed by atoms with Crippen LogP contribution in [0.2, 0.25) is 0 Å². The number of aryl methyl sites for hydroxylation is 2. The summed E-state index contributed by atoms with van der Waals surface area (Å²) in [7, 11) is 0. The van der Waals surface area contributed by atoms with Crippen molar-refractivity contribution in [2.75, 3.05) is 11.1 Å². The summed E-state index contributed by atoms with van der Waals surface area (Å²) in [5, 5.41) is 13.0. The molecule has 1 aromatic heterocycles. The molecule has 184 valence electrons. The molecule has 0 bridgehead atoms. The van der Waals surface area contributed by atoms with E-state index in [1.165, 1.54) is 53.3 Å². The molecule has 1 heterocycles. The lowest BCUT2D eigenvalue weighted by atomic mass is 9.95. The number of carbonyl (C=O) groups excluding carboxylic acids is 1. The SMILES string of the molecule is Cc1ccc(NC(=O)CSc2nnc(-c3ccc(-c4ccccc4)cc3)n2C2CCCCC2)cc1C. The fraction of sp³-hybridized carbons (Fsp3) is 0.300. The quantitative estimate of drug-likeness (QED) is 0.270. The molecule has 3 aromatic carbocycles. The summed E-state index contributed by atoms with van der Waals surface area (Å²) in [5.41, 5.74) is 6.65. The van der Waals surface area contributed by atoms with Crippen LogP contribution in [-0.2, 0) is 4.79 Å². The lowest BCUT2D eigenvalue weighted by Gasteiger charge is -2.25. The highest BCUT2D eigenvalue weighted by molar-refractivity contribution is 7.99. The van der Waals surface area contributed by atoms with E-state index in [4.69, 9.17) is 0 Å². The second-order valence-electron chi connectivity index (χ2n) is 9.55. The predicted molar refractivity (Wildman–Crippen MR) is 148 cm³/mol. The van der Waals surface area contributed by atoms with Gasteiger partial charge in [-0.25, -0.2) is 0 Å². The summed E-state index contributed by atoms with van der Waals surface area (Å²) < 4.78 is 2.28. The number of hydrogen-bond donors (Lipinski definition) is 1. The molecule has 1 aliphatic carbocycles. The van der Waals surface area contributed by atoms with Crippen molar-refractivity contribution >= 4 is 23.4 Å². The molecule has 0 atom stereocenters. The molecule has 1 amide bonds. The number of nitrogens with one attached hydrogen (secondary N) is 1. The minimum atomic E-state index is -0.0322. The zero-order valence-electron chi connectivity index (χ0n) is 20.9. The highest BCUT2D eigenvalue weighted by Crippen LogP contribution is 2.36. The molecular weight excluding hydrogens is 464 g/mol. The van der Waals surface area contributed by atoms with Gasteiger partial charge in [0.25, 0.3) is 0 Å². The van der Waals surface area contributed by atoms with E-state index >= 15 is 0 Å². The lowest BCUT2D eigenvalue weighted by Crippen LogP contribution is -2.17. The Morgan fingerprint density at radius 2 is 1.56 bits per heavy atom. The van der Waals surface area contributed by atoms with Crippen molar-refractivity contribution in [1.29, 1.82) is 0 Å². The molecule has 5 nitrogen and oxygen atoms in total. The maximum atomic E-state index is 12.7. The molecule has 4 aromatic rings. The predicted octanol–water partition coefficient (Wildman–Crippen LogP) is 7.46. The van der Waals surface area contributed by atoms with Crippen molar-refractivity contribution < 1.29 is 4.79 Å². The van der Waals surface area contributed by atoms with Crippen LogP contribution in [0.3, 0.4) is 0 Å². The lowest BCUT2D eigenvalue weighted by molar-refractivity contribution is -0.113. The van der Waals surface area contributed by atoms with Gasteiger partial charge in [0.15, 0.2) is 11.0 Å². The van der Waals surface area contributed by atoms with Crippen molar-refractivity contribution in [1.82, 2.24) is 14.8 Å². The highest BCUT2D eigenvalue weighted by Gasteiger charge is 2.24. The van der Waals surface area contributed by atoms with Crippen molar-refractivity contribution in [3.8, 4) is 22.5 Å². The van der Waals surface area contributed by atoms with Gasteiger partial charge in [-0.3, -0.25) is 9.36 Å². The van der Waals surface area contributed by atoms with Crippen LogP contribution in [-0.4, -0.2) is 26.4 Å². The van der Waals surface area contributed by atoms with Gasteiger partial charge in [0.05, 0.1) is 5.75 Å². The van der Waals surface area contributed by atoms with Gasteiger partial charge in [0.1, 0.15) is 0 Å². The van der Waals surface area contributed by atoms with Crippen LogP contribution in [0.5, 0.6) is 0 Å². The average Bonchev–Trinajstić information content (AvgIpc) is 3.35. The minimum absolute atomic E-state index is 0.0322. The summed E-state index contributed by atoms with van der Waals surface area (Å²) in [4.78, 5) is 12.7. The van der Waals surface area contributed by atoms with Crippen molar-refractivity contribution in [3.63, 3.8) is 0 Å². The molecule has 1 aliphatic rings. The second-order valence-corrected chi connectivity index (χ2v) is 10.5. The van der Waals surface area contributed by atoms with E-state index in [0.29, 0.717) is 11.8 Å². The van der Waals surface area contributed by atoms with Crippen molar-refractivity contribution in [2.24, 2.45) is 0 Å². The Hall–Kier alpha value is -3.38. The summed E-state index contributed by atoms with van der Waals surface area (Å²) in [5.74, 6) is 1.15. The molecular formula is C30H32N4OS. The zero-order chi connectivity index (χ0) is 24.9. The molecule has 0 aliphatic heterocycles. The molecule has 1 N–H and O–H groups in total.